The van der Waals surface area contributed by atoms with Crippen LogP contribution in [0.4, 0.5) is 0 Å². The molecule has 0 radical (unpaired) electrons. The van der Waals surface area contributed by atoms with Crippen molar-refractivity contribution in [2.75, 3.05) is 6.61 Å². The number of amides is 1. The van der Waals surface area contributed by atoms with Gasteiger partial charge in [-0.2, -0.15) is 5.10 Å². The van der Waals surface area contributed by atoms with Crippen molar-refractivity contribution in [3.8, 4) is 5.75 Å². The van der Waals surface area contributed by atoms with Crippen LogP contribution in [0.3, 0.4) is 0 Å². The molecule has 0 heterocycles. The van der Waals surface area contributed by atoms with Gasteiger partial charge in [0.1, 0.15) is 5.75 Å². The zero-order valence-corrected chi connectivity index (χ0v) is 14.3. The van der Waals surface area contributed by atoms with E-state index in [1.54, 1.807) is 18.2 Å². The molecular weight excluding hydrogens is 335 g/mol. The van der Waals surface area contributed by atoms with Gasteiger partial charge in [0.25, 0.3) is 5.91 Å². The highest BCUT2D eigenvalue weighted by atomic mass is 35.5. The molecule has 2 aromatic rings. The van der Waals surface area contributed by atoms with Crippen molar-refractivity contribution in [3.05, 3.63) is 63.1 Å². The van der Waals surface area contributed by atoms with Crippen LogP contribution in [-0.4, -0.2) is 18.7 Å². The highest BCUT2D eigenvalue weighted by molar-refractivity contribution is 6.42. The van der Waals surface area contributed by atoms with Gasteiger partial charge in [-0.05, 0) is 54.8 Å². The molecule has 0 saturated carbocycles. The van der Waals surface area contributed by atoms with Crippen LogP contribution in [0.15, 0.2) is 41.5 Å². The van der Waals surface area contributed by atoms with Crippen LogP contribution in [0.1, 0.15) is 16.7 Å². The van der Waals surface area contributed by atoms with Crippen molar-refractivity contribution >= 4 is 35.3 Å². The topological polar surface area (TPSA) is 50.7 Å². The standard InChI is InChI=1S/C17H16Cl2N2O2/c1-11-5-12(2)7-14(6-11)23-10-17(22)21-20-9-13-3-4-15(18)16(19)8-13/h3-9H,10H2,1-2H3,(H,21,22)/b20-9-. The van der Waals surface area contributed by atoms with Crippen molar-refractivity contribution in [1.82, 2.24) is 5.43 Å². The molecule has 23 heavy (non-hydrogen) atoms. The van der Waals surface area contributed by atoms with Crippen LogP contribution < -0.4 is 10.2 Å². The molecular formula is C17H16Cl2N2O2. The first-order valence-electron chi connectivity index (χ1n) is 6.92. The predicted octanol–water partition coefficient (Wildman–Crippen LogP) is 4.14. The Balaban J connectivity index is 1.85. The molecule has 0 aliphatic rings. The third-order valence-electron chi connectivity index (χ3n) is 2.91. The van der Waals surface area contributed by atoms with Gasteiger partial charge >= 0.3 is 0 Å². The van der Waals surface area contributed by atoms with E-state index in [0.29, 0.717) is 15.8 Å². The van der Waals surface area contributed by atoms with E-state index in [0.717, 1.165) is 16.7 Å². The average Bonchev–Trinajstić information content (AvgIpc) is 2.48. The minimum Gasteiger partial charge on any atom is -0.484 e. The summed E-state index contributed by atoms with van der Waals surface area (Å²) in [6.45, 7) is 3.84. The van der Waals surface area contributed by atoms with Crippen LogP contribution in [0.25, 0.3) is 0 Å². The Morgan fingerprint density at radius 2 is 1.83 bits per heavy atom. The van der Waals surface area contributed by atoms with Gasteiger partial charge in [0.2, 0.25) is 0 Å². The fourth-order valence-corrected chi connectivity index (χ4v) is 2.28. The number of hydrazone groups is 1. The van der Waals surface area contributed by atoms with E-state index in [-0.39, 0.29) is 12.5 Å². The smallest absolute Gasteiger partial charge is 0.277 e. The van der Waals surface area contributed by atoms with E-state index in [1.165, 1.54) is 6.21 Å². The van der Waals surface area contributed by atoms with Crippen molar-refractivity contribution in [3.63, 3.8) is 0 Å². The molecule has 2 aromatic carbocycles. The van der Waals surface area contributed by atoms with Gasteiger partial charge < -0.3 is 4.74 Å². The maximum atomic E-state index is 11.7. The minimum absolute atomic E-state index is 0.110. The number of nitrogens with zero attached hydrogens (tertiary/aromatic N) is 1. The summed E-state index contributed by atoms with van der Waals surface area (Å²) in [5.41, 5.74) is 5.29. The lowest BCUT2D eigenvalue weighted by molar-refractivity contribution is -0.123. The van der Waals surface area contributed by atoms with Gasteiger partial charge in [-0.15, -0.1) is 0 Å². The Morgan fingerprint density at radius 1 is 1.13 bits per heavy atom. The maximum Gasteiger partial charge on any atom is 0.277 e. The summed E-state index contributed by atoms with van der Waals surface area (Å²) in [4.78, 5) is 11.7. The molecule has 0 aliphatic carbocycles. The molecule has 0 aromatic heterocycles. The Hall–Kier alpha value is -2.04. The van der Waals surface area contributed by atoms with E-state index in [2.05, 4.69) is 10.5 Å². The monoisotopic (exact) mass is 350 g/mol. The van der Waals surface area contributed by atoms with E-state index in [1.807, 2.05) is 32.0 Å². The Morgan fingerprint density at radius 3 is 2.48 bits per heavy atom. The summed E-state index contributed by atoms with van der Waals surface area (Å²) in [6.07, 6.45) is 1.48. The molecule has 0 atom stereocenters. The molecule has 0 spiro atoms. The lowest BCUT2D eigenvalue weighted by atomic mass is 10.1. The second-order valence-corrected chi connectivity index (χ2v) is 5.89. The second kappa shape index (κ2) is 7.99. The van der Waals surface area contributed by atoms with Crippen LogP contribution in [0.5, 0.6) is 5.75 Å². The van der Waals surface area contributed by atoms with E-state index < -0.39 is 0 Å². The largest absolute Gasteiger partial charge is 0.484 e. The zero-order chi connectivity index (χ0) is 16.8. The van der Waals surface area contributed by atoms with Crippen LogP contribution in [0.2, 0.25) is 10.0 Å². The third-order valence-corrected chi connectivity index (χ3v) is 3.65. The number of carbonyl (C=O) groups is 1. The summed E-state index contributed by atoms with van der Waals surface area (Å²) in [7, 11) is 0. The highest BCUT2D eigenvalue weighted by Gasteiger charge is 2.03. The van der Waals surface area contributed by atoms with E-state index >= 15 is 0 Å². The lowest BCUT2D eigenvalue weighted by Gasteiger charge is -2.07. The number of aryl methyl sites for hydroxylation is 2. The number of hydrogen-bond acceptors (Lipinski definition) is 3. The summed E-state index contributed by atoms with van der Waals surface area (Å²) in [5.74, 6) is 0.312. The third kappa shape index (κ3) is 5.58. The van der Waals surface area contributed by atoms with E-state index in [9.17, 15) is 4.79 Å². The molecule has 2 rings (SSSR count). The number of ether oxygens (including phenoxy) is 1. The van der Waals surface area contributed by atoms with Gasteiger partial charge in [0, 0.05) is 0 Å². The van der Waals surface area contributed by atoms with Crippen molar-refractivity contribution in [2.45, 2.75) is 13.8 Å². The van der Waals surface area contributed by atoms with Crippen molar-refractivity contribution in [2.24, 2.45) is 5.10 Å². The SMILES string of the molecule is Cc1cc(C)cc(OCC(=O)N/N=C\c2ccc(Cl)c(Cl)c2)c1. The molecule has 0 bridgehead atoms. The summed E-state index contributed by atoms with van der Waals surface area (Å²) < 4.78 is 5.44. The predicted molar refractivity (Wildman–Crippen MR) is 93.6 cm³/mol. The second-order valence-electron chi connectivity index (χ2n) is 5.08. The minimum atomic E-state index is -0.347. The van der Waals surface area contributed by atoms with Gasteiger partial charge in [-0.1, -0.05) is 35.3 Å². The summed E-state index contributed by atoms with van der Waals surface area (Å²) >= 11 is 11.7. The molecule has 0 aliphatic heterocycles. The van der Waals surface area contributed by atoms with Crippen LogP contribution >= 0.6 is 23.2 Å². The van der Waals surface area contributed by atoms with Crippen LogP contribution in [0, 0.1) is 13.8 Å². The van der Waals surface area contributed by atoms with Gasteiger partial charge in [0.15, 0.2) is 6.61 Å². The fraction of sp³-hybridized carbons (Fsp3) is 0.176. The molecule has 0 saturated heterocycles. The Kier molecular flexibility index (Phi) is 6.02. The molecule has 0 fully saturated rings. The van der Waals surface area contributed by atoms with Gasteiger partial charge in [-0.25, -0.2) is 5.43 Å². The Labute approximate surface area is 145 Å². The lowest BCUT2D eigenvalue weighted by Crippen LogP contribution is -2.24. The maximum absolute atomic E-state index is 11.7. The zero-order valence-electron chi connectivity index (χ0n) is 12.8. The average molecular weight is 351 g/mol. The first kappa shape index (κ1) is 17.3. The molecule has 6 heteroatoms. The number of rotatable bonds is 5. The number of nitrogens with one attached hydrogen (secondary N) is 1. The normalized spacial score (nSPS) is 10.8. The van der Waals surface area contributed by atoms with Gasteiger partial charge in [-0.3, -0.25) is 4.79 Å². The summed E-state index contributed by atoms with van der Waals surface area (Å²) in [5, 5.41) is 4.75. The van der Waals surface area contributed by atoms with Gasteiger partial charge in [0.05, 0.1) is 16.3 Å². The number of benzene rings is 2. The highest BCUT2D eigenvalue weighted by Crippen LogP contribution is 2.21. The molecule has 120 valence electrons. The first-order chi connectivity index (χ1) is 10.9. The first-order valence-corrected chi connectivity index (χ1v) is 7.67. The molecule has 1 N–H and O–H groups in total. The Bertz CT molecular complexity index is 725. The molecule has 1 amide bonds. The quantitative estimate of drug-likeness (QED) is 0.650. The summed E-state index contributed by atoms with van der Waals surface area (Å²) in [6, 6.07) is 10.9. The fourth-order valence-electron chi connectivity index (χ4n) is 1.97. The number of carbonyl (C=O) groups excluding carboxylic acids is 1. The van der Waals surface area contributed by atoms with Crippen LogP contribution in [-0.2, 0) is 4.79 Å². The number of halogens is 2. The number of hydrogen-bond donors (Lipinski definition) is 1. The van der Waals surface area contributed by atoms with Crippen molar-refractivity contribution < 1.29 is 9.53 Å². The molecule has 0 unspecified atom stereocenters. The van der Waals surface area contributed by atoms with E-state index in [4.69, 9.17) is 27.9 Å². The molecule has 4 nitrogen and oxygen atoms in total. The van der Waals surface area contributed by atoms with Crippen molar-refractivity contribution in [1.29, 1.82) is 0 Å².